The fraction of sp³-hybridized carbons (Fsp3) is 0.333. The Balaban J connectivity index is 1.41. The lowest BCUT2D eigenvalue weighted by molar-refractivity contribution is -0.127. The molecule has 1 N–H and O–H groups in total. The molecular weight excluding hydrogens is 360 g/mol. The highest BCUT2D eigenvalue weighted by Gasteiger charge is 2.22. The van der Waals surface area contributed by atoms with E-state index in [-0.39, 0.29) is 11.8 Å². The van der Waals surface area contributed by atoms with Crippen molar-refractivity contribution in [2.75, 3.05) is 19.6 Å². The van der Waals surface area contributed by atoms with Gasteiger partial charge in [0.15, 0.2) is 0 Å². The van der Waals surface area contributed by atoms with Gasteiger partial charge in [0.2, 0.25) is 5.91 Å². The topological polar surface area (TPSA) is 62.6 Å². The summed E-state index contributed by atoms with van der Waals surface area (Å²) in [7, 11) is 0. The van der Waals surface area contributed by atoms with Gasteiger partial charge in [0.1, 0.15) is 5.76 Å². The maximum absolute atomic E-state index is 12.2. The van der Waals surface area contributed by atoms with Crippen LogP contribution in [0, 0.1) is 5.92 Å². The van der Waals surface area contributed by atoms with Gasteiger partial charge in [0.05, 0.1) is 15.5 Å². The number of thiophene rings is 1. The first-order valence-electron chi connectivity index (χ1n) is 8.16. The number of hydrogen-bond acceptors (Lipinski definition) is 4. The van der Waals surface area contributed by atoms with Crippen LogP contribution in [0.3, 0.4) is 0 Å². The zero-order valence-corrected chi connectivity index (χ0v) is 15.2. The summed E-state index contributed by atoms with van der Waals surface area (Å²) in [4.78, 5) is 26.7. The lowest BCUT2D eigenvalue weighted by Crippen LogP contribution is -2.40. The first-order valence-corrected chi connectivity index (χ1v) is 9.35. The zero-order valence-electron chi connectivity index (χ0n) is 13.6. The normalized spacial score (nSPS) is 15.6. The number of furan rings is 1. The van der Waals surface area contributed by atoms with Crippen molar-refractivity contribution in [2.45, 2.75) is 12.8 Å². The van der Waals surface area contributed by atoms with E-state index in [1.54, 1.807) is 42.7 Å². The highest BCUT2D eigenvalue weighted by molar-refractivity contribution is 7.17. The molecule has 2 amide bonds. The molecule has 0 radical (unpaired) electrons. The predicted octanol–water partition coefficient (Wildman–Crippen LogP) is 3.68. The molecule has 3 heterocycles. The number of carbonyl (C=O) groups is 2. The number of rotatable bonds is 5. The van der Waals surface area contributed by atoms with E-state index in [9.17, 15) is 9.59 Å². The van der Waals surface area contributed by atoms with Gasteiger partial charge >= 0.3 is 0 Å². The van der Waals surface area contributed by atoms with Gasteiger partial charge in [-0.1, -0.05) is 11.6 Å². The summed E-state index contributed by atoms with van der Waals surface area (Å²) in [5, 5.41) is 2.95. The van der Waals surface area contributed by atoms with Crippen molar-refractivity contribution >= 4 is 40.8 Å². The van der Waals surface area contributed by atoms with Gasteiger partial charge in [0, 0.05) is 25.7 Å². The fourth-order valence-electron chi connectivity index (χ4n) is 2.76. The molecule has 7 heteroatoms. The van der Waals surface area contributed by atoms with Crippen LogP contribution in [0.25, 0.3) is 6.08 Å². The van der Waals surface area contributed by atoms with Gasteiger partial charge in [-0.15, -0.1) is 11.3 Å². The van der Waals surface area contributed by atoms with Gasteiger partial charge in [-0.05, 0) is 49.1 Å². The van der Waals surface area contributed by atoms with Crippen LogP contribution in [0.15, 0.2) is 41.0 Å². The van der Waals surface area contributed by atoms with Crippen molar-refractivity contribution in [3.8, 4) is 0 Å². The Morgan fingerprint density at radius 3 is 2.76 bits per heavy atom. The summed E-state index contributed by atoms with van der Waals surface area (Å²) < 4.78 is 5.79. The van der Waals surface area contributed by atoms with Gasteiger partial charge in [0.25, 0.3) is 5.91 Å². The second kappa shape index (κ2) is 8.36. The third kappa shape index (κ3) is 4.96. The van der Waals surface area contributed by atoms with E-state index in [1.165, 1.54) is 11.3 Å². The third-order valence-electron chi connectivity index (χ3n) is 4.21. The Bertz CT molecular complexity index is 746. The third-order valence-corrected chi connectivity index (χ3v) is 5.44. The molecule has 5 nitrogen and oxygen atoms in total. The minimum atomic E-state index is -0.0863. The summed E-state index contributed by atoms with van der Waals surface area (Å²) >= 11 is 7.12. The molecule has 1 aliphatic rings. The smallest absolute Gasteiger partial charge is 0.261 e. The first-order chi connectivity index (χ1) is 12.1. The Morgan fingerprint density at radius 2 is 2.12 bits per heavy atom. The molecule has 0 bridgehead atoms. The maximum atomic E-state index is 12.2. The largest absolute Gasteiger partial charge is 0.465 e. The number of nitrogens with one attached hydrogen (secondary N) is 1. The second-order valence-corrected chi connectivity index (χ2v) is 7.65. The van der Waals surface area contributed by atoms with Crippen LogP contribution in [-0.4, -0.2) is 36.3 Å². The quantitative estimate of drug-likeness (QED) is 0.807. The molecule has 132 valence electrons. The van der Waals surface area contributed by atoms with Crippen molar-refractivity contribution in [3.05, 3.63) is 51.6 Å². The van der Waals surface area contributed by atoms with Crippen LogP contribution in [-0.2, 0) is 4.79 Å². The lowest BCUT2D eigenvalue weighted by Gasteiger charge is -2.31. The standard InChI is InChI=1S/C18H19ClN2O3S/c19-16-5-4-15(25-16)18(23)20-12-13-7-9-21(10-8-13)17(22)6-3-14-2-1-11-24-14/h1-6,11,13H,7-10,12H2,(H,20,23)/b6-3+. The van der Waals surface area contributed by atoms with Crippen LogP contribution < -0.4 is 5.32 Å². The van der Waals surface area contributed by atoms with Crippen LogP contribution >= 0.6 is 22.9 Å². The Morgan fingerprint density at radius 1 is 1.32 bits per heavy atom. The van der Waals surface area contributed by atoms with Gasteiger partial charge in [-0.25, -0.2) is 0 Å². The van der Waals surface area contributed by atoms with Crippen LogP contribution in [0.2, 0.25) is 4.34 Å². The Labute approximate surface area is 155 Å². The van der Waals surface area contributed by atoms with Crippen LogP contribution in [0.4, 0.5) is 0 Å². The molecule has 1 saturated heterocycles. The van der Waals surface area contributed by atoms with E-state index in [0.29, 0.717) is 40.5 Å². The van der Waals surface area contributed by atoms with Crippen LogP contribution in [0.5, 0.6) is 0 Å². The van der Waals surface area contributed by atoms with Crippen molar-refractivity contribution in [1.29, 1.82) is 0 Å². The average molecular weight is 379 g/mol. The second-order valence-electron chi connectivity index (χ2n) is 5.93. The molecule has 0 aromatic carbocycles. The molecule has 0 atom stereocenters. The molecule has 0 aliphatic carbocycles. The van der Waals surface area contributed by atoms with Crippen molar-refractivity contribution in [1.82, 2.24) is 10.2 Å². The molecule has 25 heavy (non-hydrogen) atoms. The molecule has 0 spiro atoms. The van der Waals surface area contributed by atoms with Gasteiger partial charge in [-0.3, -0.25) is 9.59 Å². The molecule has 1 aliphatic heterocycles. The average Bonchev–Trinajstić information content (AvgIpc) is 3.29. The number of piperidine rings is 1. The Hall–Kier alpha value is -2.05. The van der Waals surface area contributed by atoms with Crippen molar-refractivity contribution in [3.63, 3.8) is 0 Å². The van der Waals surface area contributed by atoms with Crippen molar-refractivity contribution in [2.24, 2.45) is 5.92 Å². The van der Waals surface area contributed by atoms with Gasteiger partial charge < -0.3 is 14.6 Å². The predicted molar refractivity (Wildman–Crippen MR) is 98.7 cm³/mol. The van der Waals surface area contributed by atoms with E-state index < -0.39 is 0 Å². The number of likely N-dealkylation sites (tertiary alicyclic amines) is 1. The molecule has 0 saturated carbocycles. The Kier molecular flexibility index (Phi) is 5.94. The number of hydrogen-bond donors (Lipinski definition) is 1. The summed E-state index contributed by atoms with van der Waals surface area (Å²) in [6.07, 6.45) is 6.56. The molecule has 2 aromatic rings. The minimum absolute atomic E-state index is 0.00730. The molecule has 0 unspecified atom stereocenters. The first kappa shape index (κ1) is 17.8. The SMILES string of the molecule is O=C(NCC1CCN(C(=O)/C=C/c2ccco2)CC1)c1ccc(Cl)s1. The van der Waals surface area contributed by atoms with Crippen molar-refractivity contribution < 1.29 is 14.0 Å². The molecule has 2 aromatic heterocycles. The van der Waals surface area contributed by atoms with E-state index in [2.05, 4.69) is 5.32 Å². The summed E-state index contributed by atoms with van der Waals surface area (Å²) in [5.41, 5.74) is 0. The number of carbonyl (C=O) groups excluding carboxylic acids is 2. The minimum Gasteiger partial charge on any atom is -0.465 e. The number of halogens is 1. The summed E-state index contributed by atoms with van der Waals surface area (Å²) in [6.45, 7) is 2.03. The fourth-order valence-corrected chi connectivity index (χ4v) is 3.72. The summed E-state index contributed by atoms with van der Waals surface area (Å²) in [6, 6.07) is 7.05. The van der Waals surface area contributed by atoms with E-state index in [4.69, 9.17) is 16.0 Å². The number of amides is 2. The highest BCUT2D eigenvalue weighted by Crippen LogP contribution is 2.22. The monoisotopic (exact) mass is 378 g/mol. The molecular formula is C18H19ClN2O3S. The van der Waals surface area contributed by atoms with E-state index in [1.807, 2.05) is 4.90 Å². The zero-order chi connectivity index (χ0) is 17.6. The van der Waals surface area contributed by atoms with Crippen LogP contribution in [0.1, 0.15) is 28.3 Å². The lowest BCUT2D eigenvalue weighted by atomic mass is 9.96. The van der Waals surface area contributed by atoms with E-state index in [0.717, 1.165) is 12.8 Å². The maximum Gasteiger partial charge on any atom is 0.261 e. The van der Waals surface area contributed by atoms with E-state index >= 15 is 0 Å². The number of nitrogens with zero attached hydrogens (tertiary/aromatic N) is 1. The van der Waals surface area contributed by atoms with Gasteiger partial charge in [-0.2, -0.15) is 0 Å². The molecule has 3 rings (SSSR count). The highest BCUT2D eigenvalue weighted by atomic mass is 35.5. The summed E-state index contributed by atoms with van der Waals surface area (Å²) in [5.74, 6) is 0.959. The molecule has 1 fully saturated rings.